The van der Waals surface area contributed by atoms with Gasteiger partial charge in [0.2, 0.25) is 5.91 Å². The van der Waals surface area contributed by atoms with Crippen molar-refractivity contribution in [3.63, 3.8) is 0 Å². The van der Waals surface area contributed by atoms with E-state index in [2.05, 4.69) is 49.1 Å². The molecule has 4 rings (SSSR count). The Bertz CT molecular complexity index is 618. The van der Waals surface area contributed by atoms with Gasteiger partial charge in [-0.05, 0) is 48.5 Å². The SMILES string of the molecule is CC1(C)CN(C(=O)C2CC3CCCC(C2)C3N)CC1c1ccccc1.Cl. The van der Waals surface area contributed by atoms with Crippen molar-refractivity contribution >= 4 is 18.3 Å². The number of amides is 1. The Hall–Kier alpha value is -1.06. The van der Waals surface area contributed by atoms with Crippen LogP contribution in [0.4, 0.5) is 0 Å². The van der Waals surface area contributed by atoms with Crippen molar-refractivity contribution in [1.82, 2.24) is 4.90 Å². The summed E-state index contributed by atoms with van der Waals surface area (Å²) in [5.74, 6) is 2.18. The van der Waals surface area contributed by atoms with E-state index >= 15 is 0 Å². The van der Waals surface area contributed by atoms with Gasteiger partial charge in [-0.15, -0.1) is 12.4 Å². The van der Waals surface area contributed by atoms with Gasteiger partial charge in [-0.25, -0.2) is 0 Å². The van der Waals surface area contributed by atoms with E-state index in [1.807, 2.05) is 0 Å². The second-order valence-corrected chi connectivity index (χ2v) is 9.37. The molecule has 2 N–H and O–H groups in total. The lowest BCUT2D eigenvalue weighted by atomic mass is 9.65. The number of rotatable bonds is 2. The van der Waals surface area contributed by atoms with Gasteiger partial charge in [-0.1, -0.05) is 50.6 Å². The van der Waals surface area contributed by atoms with E-state index in [1.54, 1.807) is 0 Å². The van der Waals surface area contributed by atoms with Crippen molar-refractivity contribution in [1.29, 1.82) is 0 Å². The van der Waals surface area contributed by atoms with Crippen LogP contribution in [-0.2, 0) is 4.79 Å². The summed E-state index contributed by atoms with van der Waals surface area (Å²) in [6.07, 6.45) is 5.78. The summed E-state index contributed by atoms with van der Waals surface area (Å²) in [4.78, 5) is 15.4. The monoisotopic (exact) mass is 376 g/mol. The summed E-state index contributed by atoms with van der Waals surface area (Å²) in [6.45, 7) is 6.37. The summed E-state index contributed by atoms with van der Waals surface area (Å²) in [5.41, 5.74) is 7.92. The third-order valence-corrected chi connectivity index (χ3v) is 7.22. The topological polar surface area (TPSA) is 46.3 Å². The Labute approximate surface area is 164 Å². The Morgan fingerprint density at radius 1 is 1.12 bits per heavy atom. The first-order valence-electron chi connectivity index (χ1n) is 10.0. The molecule has 3 fully saturated rings. The maximum absolute atomic E-state index is 13.3. The van der Waals surface area contributed by atoms with E-state index in [9.17, 15) is 4.79 Å². The fourth-order valence-electron chi connectivity index (χ4n) is 5.79. The molecule has 2 aliphatic carbocycles. The van der Waals surface area contributed by atoms with Crippen molar-refractivity contribution in [3.05, 3.63) is 35.9 Å². The zero-order valence-electron chi connectivity index (χ0n) is 16.1. The van der Waals surface area contributed by atoms with Gasteiger partial charge in [0.25, 0.3) is 0 Å². The molecule has 3 atom stereocenters. The van der Waals surface area contributed by atoms with Crippen LogP contribution in [-0.4, -0.2) is 29.9 Å². The molecular formula is C22H33ClN2O. The molecule has 4 heteroatoms. The van der Waals surface area contributed by atoms with Gasteiger partial charge in [0.05, 0.1) is 0 Å². The number of halogens is 1. The van der Waals surface area contributed by atoms with E-state index in [4.69, 9.17) is 5.73 Å². The number of nitrogens with zero attached hydrogens (tertiary/aromatic N) is 1. The molecule has 1 aromatic carbocycles. The number of hydrogen-bond acceptors (Lipinski definition) is 2. The fourth-order valence-corrected chi connectivity index (χ4v) is 5.79. The van der Waals surface area contributed by atoms with Gasteiger partial charge in [0.1, 0.15) is 0 Å². The van der Waals surface area contributed by atoms with Crippen LogP contribution in [0.25, 0.3) is 0 Å². The highest BCUT2D eigenvalue weighted by Gasteiger charge is 2.46. The number of hydrogen-bond donors (Lipinski definition) is 1. The molecule has 0 aromatic heterocycles. The van der Waals surface area contributed by atoms with E-state index in [1.165, 1.54) is 24.8 Å². The Kier molecular flexibility index (Phi) is 5.69. The van der Waals surface area contributed by atoms with Gasteiger partial charge >= 0.3 is 0 Å². The minimum atomic E-state index is 0. The molecule has 1 amide bonds. The van der Waals surface area contributed by atoms with Crippen LogP contribution in [0, 0.1) is 23.2 Å². The highest BCUT2D eigenvalue weighted by molar-refractivity contribution is 5.85. The van der Waals surface area contributed by atoms with Crippen molar-refractivity contribution in [3.8, 4) is 0 Å². The fraction of sp³-hybridized carbons (Fsp3) is 0.682. The molecule has 3 unspecified atom stereocenters. The molecule has 144 valence electrons. The van der Waals surface area contributed by atoms with Gasteiger partial charge in [-0.3, -0.25) is 4.79 Å². The lowest BCUT2D eigenvalue weighted by Gasteiger charge is -2.44. The second-order valence-electron chi connectivity index (χ2n) is 9.37. The standard InChI is InChI=1S/C22H32N2O.ClH/c1-22(2)14-24(13-19(22)15-7-4-3-5-8-15)21(25)18-11-16-9-6-10-17(12-18)20(16)23;/h3-5,7-8,16-20H,6,9-14,23H2,1-2H3;1H. The van der Waals surface area contributed by atoms with E-state index in [0.717, 1.165) is 25.9 Å². The number of carbonyl (C=O) groups is 1. The van der Waals surface area contributed by atoms with Gasteiger partial charge in [0, 0.05) is 31.0 Å². The van der Waals surface area contributed by atoms with Crippen LogP contribution in [0.3, 0.4) is 0 Å². The Morgan fingerprint density at radius 2 is 1.73 bits per heavy atom. The first-order valence-corrected chi connectivity index (χ1v) is 10.0. The average Bonchev–Trinajstić information content (AvgIpc) is 2.90. The quantitative estimate of drug-likeness (QED) is 0.840. The molecule has 2 bridgehead atoms. The average molecular weight is 377 g/mol. The van der Waals surface area contributed by atoms with Crippen LogP contribution in [0.5, 0.6) is 0 Å². The maximum Gasteiger partial charge on any atom is 0.225 e. The van der Waals surface area contributed by atoms with Crippen molar-refractivity contribution < 1.29 is 4.79 Å². The Morgan fingerprint density at radius 3 is 2.35 bits per heavy atom. The predicted octanol–water partition coefficient (Wildman–Crippen LogP) is 4.21. The number of carbonyl (C=O) groups excluding carboxylic acids is 1. The highest BCUT2D eigenvalue weighted by Crippen LogP contribution is 2.46. The van der Waals surface area contributed by atoms with Crippen molar-refractivity contribution in [2.24, 2.45) is 28.9 Å². The molecule has 1 saturated heterocycles. The first-order chi connectivity index (χ1) is 12.0. The van der Waals surface area contributed by atoms with Gasteiger partial charge in [-0.2, -0.15) is 0 Å². The minimum Gasteiger partial charge on any atom is -0.341 e. The summed E-state index contributed by atoms with van der Waals surface area (Å²) < 4.78 is 0. The molecule has 0 radical (unpaired) electrons. The molecule has 2 saturated carbocycles. The lowest BCUT2D eigenvalue weighted by Crippen LogP contribution is -2.49. The summed E-state index contributed by atoms with van der Waals surface area (Å²) in [5, 5.41) is 0. The van der Waals surface area contributed by atoms with E-state index < -0.39 is 0 Å². The summed E-state index contributed by atoms with van der Waals surface area (Å²) in [7, 11) is 0. The van der Waals surface area contributed by atoms with Crippen LogP contribution >= 0.6 is 12.4 Å². The molecule has 1 aromatic rings. The molecule has 1 aliphatic heterocycles. The first kappa shape index (κ1) is 19.7. The number of nitrogens with two attached hydrogens (primary N) is 1. The highest BCUT2D eigenvalue weighted by atomic mass is 35.5. The minimum absolute atomic E-state index is 0. The van der Waals surface area contributed by atoms with Crippen molar-refractivity contribution in [2.75, 3.05) is 13.1 Å². The summed E-state index contributed by atoms with van der Waals surface area (Å²) in [6, 6.07) is 11.1. The zero-order valence-corrected chi connectivity index (χ0v) is 16.9. The molecule has 0 spiro atoms. The van der Waals surface area contributed by atoms with Gasteiger partial charge in [0.15, 0.2) is 0 Å². The molecule has 26 heavy (non-hydrogen) atoms. The van der Waals surface area contributed by atoms with Crippen LogP contribution < -0.4 is 5.73 Å². The third kappa shape index (κ3) is 3.53. The smallest absolute Gasteiger partial charge is 0.225 e. The Balaban J connectivity index is 0.00000196. The molecule has 3 nitrogen and oxygen atoms in total. The van der Waals surface area contributed by atoms with Gasteiger partial charge < -0.3 is 10.6 Å². The van der Waals surface area contributed by atoms with Crippen LogP contribution in [0.1, 0.15) is 57.4 Å². The maximum atomic E-state index is 13.3. The normalized spacial score (nSPS) is 35.7. The van der Waals surface area contributed by atoms with E-state index in [-0.39, 0.29) is 23.7 Å². The number of benzene rings is 1. The summed E-state index contributed by atoms with van der Waals surface area (Å²) >= 11 is 0. The molecular weight excluding hydrogens is 344 g/mol. The lowest BCUT2D eigenvalue weighted by molar-refractivity contribution is -0.137. The number of likely N-dealkylation sites (tertiary alicyclic amines) is 1. The number of fused-ring (bicyclic) bond motifs is 2. The predicted molar refractivity (Wildman–Crippen MR) is 108 cm³/mol. The van der Waals surface area contributed by atoms with Crippen LogP contribution in [0.15, 0.2) is 30.3 Å². The second kappa shape index (κ2) is 7.52. The zero-order chi connectivity index (χ0) is 17.6. The molecule has 3 aliphatic rings. The molecule has 1 heterocycles. The third-order valence-electron chi connectivity index (χ3n) is 7.22. The van der Waals surface area contributed by atoms with Crippen LogP contribution in [0.2, 0.25) is 0 Å². The largest absolute Gasteiger partial charge is 0.341 e. The van der Waals surface area contributed by atoms with Crippen molar-refractivity contribution in [2.45, 2.75) is 57.9 Å². The van der Waals surface area contributed by atoms with E-state index in [0.29, 0.717) is 29.7 Å².